The lowest BCUT2D eigenvalue weighted by Gasteiger charge is -2.14. The molecule has 23 heavy (non-hydrogen) atoms. The van der Waals surface area contributed by atoms with Crippen LogP contribution in [0, 0.1) is 0 Å². The van der Waals surface area contributed by atoms with Crippen LogP contribution >= 0.6 is 11.6 Å². The van der Waals surface area contributed by atoms with E-state index in [4.69, 9.17) is 11.6 Å². The fourth-order valence-electron chi connectivity index (χ4n) is 2.01. The molecule has 0 aliphatic carbocycles. The van der Waals surface area contributed by atoms with Crippen molar-refractivity contribution in [1.82, 2.24) is 0 Å². The van der Waals surface area contributed by atoms with Gasteiger partial charge in [0.25, 0.3) is 0 Å². The summed E-state index contributed by atoms with van der Waals surface area (Å²) in [6.45, 7) is 0. The zero-order chi connectivity index (χ0) is 17.3. The predicted molar refractivity (Wildman–Crippen MR) is 73.1 cm³/mol. The van der Waals surface area contributed by atoms with E-state index in [1.165, 1.54) is 24.3 Å². The highest BCUT2D eigenvalue weighted by Crippen LogP contribution is 2.36. The SMILES string of the molecule is FC(F)(F)Oc1cccc(-c2ccc(CCl)c(C(F)(F)F)c2)c1. The molecule has 1 nitrogen and oxygen atoms in total. The summed E-state index contributed by atoms with van der Waals surface area (Å²) in [6, 6.07) is 8.14. The van der Waals surface area contributed by atoms with E-state index in [2.05, 4.69) is 4.74 Å². The summed E-state index contributed by atoms with van der Waals surface area (Å²) in [6.07, 6.45) is -9.49. The zero-order valence-corrected chi connectivity index (χ0v) is 12.1. The molecule has 0 aromatic heterocycles. The maximum Gasteiger partial charge on any atom is 0.573 e. The van der Waals surface area contributed by atoms with Gasteiger partial charge < -0.3 is 4.74 Å². The first kappa shape index (κ1) is 17.5. The van der Waals surface area contributed by atoms with Crippen molar-refractivity contribution in [3.8, 4) is 16.9 Å². The first-order valence-electron chi connectivity index (χ1n) is 6.22. The normalized spacial score (nSPS) is 12.3. The Labute approximate surface area is 132 Å². The highest BCUT2D eigenvalue weighted by Gasteiger charge is 2.33. The molecule has 0 bridgehead atoms. The standard InChI is InChI=1S/C15H9ClF6O/c16-8-11-5-4-10(7-13(11)14(17,18)19)9-2-1-3-12(6-9)23-15(20,21)22/h1-7H,8H2. The molecule has 0 unspecified atom stereocenters. The van der Waals surface area contributed by atoms with Crippen LogP contribution in [0.5, 0.6) is 5.75 Å². The van der Waals surface area contributed by atoms with Crippen LogP contribution in [0.4, 0.5) is 26.3 Å². The van der Waals surface area contributed by atoms with Gasteiger partial charge in [0.05, 0.1) is 5.56 Å². The molecule has 0 aliphatic rings. The molecule has 0 heterocycles. The maximum absolute atomic E-state index is 13.0. The molecule has 0 aliphatic heterocycles. The maximum atomic E-state index is 13.0. The lowest BCUT2D eigenvalue weighted by atomic mass is 9.99. The molecule has 2 aromatic rings. The van der Waals surface area contributed by atoms with Crippen molar-refractivity contribution in [3.05, 3.63) is 53.6 Å². The highest BCUT2D eigenvalue weighted by molar-refractivity contribution is 6.17. The van der Waals surface area contributed by atoms with Crippen molar-refractivity contribution >= 4 is 11.6 Å². The monoisotopic (exact) mass is 354 g/mol. The zero-order valence-electron chi connectivity index (χ0n) is 11.3. The van der Waals surface area contributed by atoms with E-state index in [1.54, 1.807) is 0 Å². The third-order valence-corrected chi connectivity index (χ3v) is 3.25. The minimum Gasteiger partial charge on any atom is -0.406 e. The molecular formula is C15H9ClF6O. The van der Waals surface area contributed by atoms with E-state index in [9.17, 15) is 26.3 Å². The Morgan fingerprint density at radius 1 is 0.870 bits per heavy atom. The minimum atomic E-state index is -4.88. The van der Waals surface area contributed by atoms with Crippen molar-refractivity contribution in [3.63, 3.8) is 0 Å². The molecule has 2 aromatic carbocycles. The Bertz CT molecular complexity index is 693. The molecule has 8 heteroatoms. The molecule has 0 fully saturated rings. The van der Waals surface area contributed by atoms with Crippen LogP contribution in [-0.4, -0.2) is 6.36 Å². The van der Waals surface area contributed by atoms with Gasteiger partial charge >= 0.3 is 12.5 Å². The lowest BCUT2D eigenvalue weighted by Crippen LogP contribution is -2.17. The number of hydrogen-bond acceptors (Lipinski definition) is 1. The van der Waals surface area contributed by atoms with Crippen LogP contribution in [0.2, 0.25) is 0 Å². The highest BCUT2D eigenvalue weighted by atomic mass is 35.5. The number of hydrogen-bond donors (Lipinski definition) is 0. The van der Waals surface area contributed by atoms with Gasteiger partial charge in [-0.15, -0.1) is 24.8 Å². The number of rotatable bonds is 3. The van der Waals surface area contributed by atoms with Crippen LogP contribution < -0.4 is 4.74 Å². The quantitative estimate of drug-likeness (QED) is 0.484. The molecule has 0 spiro atoms. The van der Waals surface area contributed by atoms with E-state index >= 15 is 0 Å². The molecular weight excluding hydrogens is 346 g/mol. The van der Waals surface area contributed by atoms with Crippen molar-refractivity contribution in [2.45, 2.75) is 18.4 Å². The largest absolute Gasteiger partial charge is 0.573 e. The van der Waals surface area contributed by atoms with Crippen molar-refractivity contribution in [2.75, 3.05) is 0 Å². The molecule has 124 valence electrons. The Morgan fingerprint density at radius 2 is 1.52 bits per heavy atom. The van der Waals surface area contributed by atoms with Crippen LogP contribution in [-0.2, 0) is 12.1 Å². The van der Waals surface area contributed by atoms with Gasteiger partial charge in [-0.1, -0.05) is 24.3 Å². The van der Waals surface area contributed by atoms with Gasteiger partial charge in [0.1, 0.15) is 5.75 Å². The van der Waals surface area contributed by atoms with Gasteiger partial charge in [0.15, 0.2) is 0 Å². The molecule has 0 saturated heterocycles. The lowest BCUT2D eigenvalue weighted by molar-refractivity contribution is -0.274. The van der Waals surface area contributed by atoms with E-state index in [1.807, 2.05) is 0 Å². The second-order valence-corrected chi connectivity index (χ2v) is 4.85. The fraction of sp³-hybridized carbons (Fsp3) is 0.200. The minimum absolute atomic E-state index is 0.106. The first-order chi connectivity index (χ1) is 10.6. The Balaban J connectivity index is 2.45. The Kier molecular flexibility index (Phi) is 4.79. The van der Waals surface area contributed by atoms with Gasteiger partial charge in [0, 0.05) is 5.88 Å². The summed E-state index contributed by atoms with van der Waals surface area (Å²) >= 11 is 5.49. The molecule has 0 radical (unpaired) electrons. The van der Waals surface area contributed by atoms with Gasteiger partial charge in [-0.3, -0.25) is 0 Å². The van der Waals surface area contributed by atoms with Crippen LogP contribution in [0.15, 0.2) is 42.5 Å². The predicted octanol–water partition coefficient (Wildman–Crippen LogP) is 6.01. The van der Waals surface area contributed by atoms with E-state index in [-0.39, 0.29) is 22.6 Å². The number of benzene rings is 2. The molecule has 0 N–H and O–H groups in total. The van der Waals surface area contributed by atoms with Gasteiger partial charge in [-0.05, 0) is 34.9 Å². The van der Waals surface area contributed by atoms with Gasteiger partial charge in [0.2, 0.25) is 0 Å². The third-order valence-electron chi connectivity index (χ3n) is 2.96. The topological polar surface area (TPSA) is 9.23 Å². The average Bonchev–Trinajstić information content (AvgIpc) is 2.44. The second-order valence-electron chi connectivity index (χ2n) is 4.58. The molecule has 0 atom stereocenters. The summed E-state index contributed by atoms with van der Waals surface area (Å²) in [5.74, 6) is -0.836. The number of ether oxygens (including phenoxy) is 1. The third kappa shape index (κ3) is 4.54. The summed E-state index contributed by atoms with van der Waals surface area (Å²) < 4.78 is 79.4. The Morgan fingerprint density at radius 3 is 2.09 bits per heavy atom. The van der Waals surface area contributed by atoms with Crippen molar-refractivity contribution in [1.29, 1.82) is 0 Å². The van der Waals surface area contributed by atoms with Crippen molar-refractivity contribution < 1.29 is 31.1 Å². The van der Waals surface area contributed by atoms with Crippen LogP contribution in [0.25, 0.3) is 11.1 Å². The van der Waals surface area contributed by atoms with E-state index in [0.717, 1.165) is 18.2 Å². The molecule has 2 rings (SSSR count). The van der Waals surface area contributed by atoms with E-state index < -0.39 is 23.9 Å². The Hall–Kier alpha value is -1.89. The van der Waals surface area contributed by atoms with Gasteiger partial charge in [-0.2, -0.15) is 13.2 Å². The van der Waals surface area contributed by atoms with Gasteiger partial charge in [-0.25, -0.2) is 0 Å². The fourth-order valence-corrected chi connectivity index (χ4v) is 2.24. The van der Waals surface area contributed by atoms with Crippen LogP contribution in [0.3, 0.4) is 0 Å². The smallest absolute Gasteiger partial charge is 0.406 e. The second kappa shape index (κ2) is 6.31. The van der Waals surface area contributed by atoms with Crippen LogP contribution in [0.1, 0.15) is 11.1 Å². The summed E-state index contributed by atoms with van der Waals surface area (Å²) in [5.41, 5.74) is -0.755. The first-order valence-corrected chi connectivity index (χ1v) is 6.76. The van der Waals surface area contributed by atoms with E-state index in [0.29, 0.717) is 0 Å². The summed E-state index contributed by atoms with van der Waals surface area (Å²) in [5, 5.41) is 0. The van der Waals surface area contributed by atoms with Crippen molar-refractivity contribution in [2.24, 2.45) is 0 Å². The number of halogens is 7. The summed E-state index contributed by atoms with van der Waals surface area (Å²) in [7, 11) is 0. The molecule has 0 saturated carbocycles. The molecule has 0 amide bonds. The average molecular weight is 355 g/mol. The summed E-state index contributed by atoms with van der Waals surface area (Å²) in [4.78, 5) is 0. The number of alkyl halides is 7.